The van der Waals surface area contributed by atoms with Gasteiger partial charge in [0.2, 0.25) is 0 Å². The summed E-state index contributed by atoms with van der Waals surface area (Å²) in [5, 5.41) is 8.67. The number of rotatable bonds is 7. The first-order valence-electron chi connectivity index (χ1n) is 5.93. The SMILES string of the molecule is CC(=CC(=O)O)CN(CC(C)C)CC(C)C. The summed E-state index contributed by atoms with van der Waals surface area (Å²) in [6, 6.07) is 0. The Labute approximate surface area is 99.1 Å². The first-order valence-corrected chi connectivity index (χ1v) is 5.93. The fraction of sp³-hybridized carbons (Fsp3) is 0.769. The van der Waals surface area contributed by atoms with Gasteiger partial charge >= 0.3 is 5.97 Å². The van der Waals surface area contributed by atoms with Crippen molar-refractivity contribution in [2.45, 2.75) is 34.6 Å². The minimum Gasteiger partial charge on any atom is -0.478 e. The maximum Gasteiger partial charge on any atom is 0.328 e. The van der Waals surface area contributed by atoms with Gasteiger partial charge in [0.1, 0.15) is 0 Å². The summed E-state index contributed by atoms with van der Waals surface area (Å²) in [7, 11) is 0. The molecule has 0 aliphatic heterocycles. The molecule has 0 aromatic carbocycles. The molecule has 3 heteroatoms. The zero-order chi connectivity index (χ0) is 12.7. The predicted molar refractivity (Wildman–Crippen MR) is 67.5 cm³/mol. The second-order valence-electron chi connectivity index (χ2n) is 5.31. The normalized spacial score (nSPS) is 12.9. The lowest BCUT2D eigenvalue weighted by molar-refractivity contribution is -0.131. The van der Waals surface area contributed by atoms with E-state index in [1.165, 1.54) is 6.08 Å². The number of hydrogen-bond donors (Lipinski definition) is 1. The number of aliphatic carboxylic acids is 1. The van der Waals surface area contributed by atoms with Gasteiger partial charge in [-0.3, -0.25) is 4.90 Å². The minimum atomic E-state index is -0.855. The van der Waals surface area contributed by atoms with Crippen molar-refractivity contribution in [1.82, 2.24) is 4.90 Å². The van der Waals surface area contributed by atoms with Gasteiger partial charge in [0.15, 0.2) is 0 Å². The van der Waals surface area contributed by atoms with E-state index >= 15 is 0 Å². The molecule has 0 fully saturated rings. The molecule has 0 aromatic rings. The Hall–Kier alpha value is -0.830. The average Bonchev–Trinajstić information content (AvgIpc) is 1.97. The van der Waals surface area contributed by atoms with Crippen LogP contribution >= 0.6 is 0 Å². The lowest BCUT2D eigenvalue weighted by Gasteiger charge is -2.26. The molecule has 0 aliphatic rings. The number of carboxylic acids is 1. The topological polar surface area (TPSA) is 40.5 Å². The van der Waals surface area contributed by atoms with E-state index in [-0.39, 0.29) is 0 Å². The maximum atomic E-state index is 10.5. The highest BCUT2D eigenvalue weighted by Crippen LogP contribution is 2.07. The molecule has 3 nitrogen and oxygen atoms in total. The average molecular weight is 227 g/mol. The molecule has 0 spiro atoms. The Balaban J connectivity index is 4.35. The molecule has 0 atom stereocenters. The van der Waals surface area contributed by atoms with Gasteiger partial charge < -0.3 is 5.11 Å². The molecule has 0 amide bonds. The monoisotopic (exact) mass is 227 g/mol. The van der Waals surface area contributed by atoms with E-state index in [4.69, 9.17) is 5.11 Å². The van der Waals surface area contributed by atoms with Gasteiger partial charge in [-0.25, -0.2) is 4.79 Å². The molecule has 16 heavy (non-hydrogen) atoms. The second kappa shape index (κ2) is 7.44. The molecule has 0 saturated heterocycles. The molecule has 0 unspecified atom stereocenters. The molecular formula is C13H25NO2. The molecular weight excluding hydrogens is 202 g/mol. The molecule has 0 bridgehead atoms. The lowest BCUT2D eigenvalue weighted by Crippen LogP contribution is -2.32. The van der Waals surface area contributed by atoms with Gasteiger partial charge in [0.05, 0.1) is 0 Å². The summed E-state index contributed by atoms with van der Waals surface area (Å²) < 4.78 is 0. The van der Waals surface area contributed by atoms with Crippen LogP contribution in [0.1, 0.15) is 34.6 Å². The van der Waals surface area contributed by atoms with Crippen molar-refractivity contribution in [3.63, 3.8) is 0 Å². The Morgan fingerprint density at radius 3 is 1.94 bits per heavy atom. The Kier molecular flexibility index (Phi) is 7.06. The highest BCUT2D eigenvalue weighted by molar-refractivity contribution is 5.80. The molecule has 0 rings (SSSR count). The van der Waals surface area contributed by atoms with Crippen LogP contribution in [0, 0.1) is 11.8 Å². The Bertz CT molecular complexity index is 234. The summed E-state index contributed by atoms with van der Waals surface area (Å²) >= 11 is 0. The van der Waals surface area contributed by atoms with E-state index < -0.39 is 5.97 Å². The standard InChI is InChI=1S/C13H25NO2/c1-10(2)7-14(8-11(3)4)9-12(5)6-13(15)16/h6,10-11H,7-9H2,1-5H3,(H,15,16). The zero-order valence-electron chi connectivity index (χ0n) is 11.2. The van der Waals surface area contributed by atoms with Gasteiger partial charge in [-0.2, -0.15) is 0 Å². The van der Waals surface area contributed by atoms with E-state index in [1.54, 1.807) is 0 Å². The molecule has 0 aromatic heterocycles. The summed E-state index contributed by atoms with van der Waals surface area (Å²) in [5.41, 5.74) is 0.911. The number of nitrogens with zero attached hydrogens (tertiary/aromatic N) is 1. The van der Waals surface area contributed by atoms with Crippen LogP contribution in [0.3, 0.4) is 0 Å². The van der Waals surface area contributed by atoms with Crippen molar-refractivity contribution in [2.75, 3.05) is 19.6 Å². The highest BCUT2D eigenvalue weighted by atomic mass is 16.4. The van der Waals surface area contributed by atoms with Crippen molar-refractivity contribution in [3.8, 4) is 0 Å². The van der Waals surface area contributed by atoms with E-state index in [9.17, 15) is 4.79 Å². The Morgan fingerprint density at radius 1 is 1.19 bits per heavy atom. The fourth-order valence-electron chi connectivity index (χ4n) is 1.85. The summed E-state index contributed by atoms with van der Waals surface area (Å²) in [6.45, 7) is 13.4. The zero-order valence-corrected chi connectivity index (χ0v) is 11.2. The Morgan fingerprint density at radius 2 is 1.62 bits per heavy atom. The second-order valence-corrected chi connectivity index (χ2v) is 5.31. The molecule has 0 saturated carbocycles. The fourth-order valence-corrected chi connectivity index (χ4v) is 1.85. The van der Waals surface area contributed by atoms with E-state index in [1.807, 2.05) is 6.92 Å². The first-order chi connectivity index (χ1) is 7.31. The van der Waals surface area contributed by atoms with Crippen LogP contribution in [-0.2, 0) is 4.79 Å². The van der Waals surface area contributed by atoms with Crippen molar-refractivity contribution in [2.24, 2.45) is 11.8 Å². The van der Waals surface area contributed by atoms with Crippen LogP contribution in [0.15, 0.2) is 11.6 Å². The highest BCUT2D eigenvalue weighted by Gasteiger charge is 2.10. The van der Waals surface area contributed by atoms with Gasteiger partial charge in [-0.1, -0.05) is 33.3 Å². The third kappa shape index (κ3) is 8.48. The number of carboxylic acid groups (broad SMARTS) is 1. The quantitative estimate of drug-likeness (QED) is 0.680. The van der Waals surface area contributed by atoms with Gasteiger partial charge in [0, 0.05) is 25.7 Å². The first kappa shape index (κ1) is 15.2. The largest absolute Gasteiger partial charge is 0.478 e. The van der Waals surface area contributed by atoms with Crippen LogP contribution in [0.25, 0.3) is 0 Å². The van der Waals surface area contributed by atoms with Crippen LogP contribution in [0.4, 0.5) is 0 Å². The number of carbonyl (C=O) groups is 1. The van der Waals surface area contributed by atoms with E-state index in [0.717, 1.165) is 25.2 Å². The summed E-state index contributed by atoms with van der Waals surface area (Å²) in [6.07, 6.45) is 1.30. The van der Waals surface area contributed by atoms with Crippen molar-refractivity contribution in [3.05, 3.63) is 11.6 Å². The molecule has 0 aliphatic carbocycles. The maximum absolute atomic E-state index is 10.5. The van der Waals surface area contributed by atoms with Crippen molar-refractivity contribution >= 4 is 5.97 Å². The van der Waals surface area contributed by atoms with E-state index in [2.05, 4.69) is 32.6 Å². The van der Waals surface area contributed by atoms with Gasteiger partial charge in [0.25, 0.3) is 0 Å². The van der Waals surface area contributed by atoms with Crippen LogP contribution < -0.4 is 0 Å². The molecule has 0 heterocycles. The van der Waals surface area contributed by atoms with Gasteiger partial charge in [-0.15, -0.1) is 0 Å². The van der Waals surface area contributed by atoms with Crippen molar-refractivity contribution < 1.29 is 9.90 Å². The molecule has 94 valence electrons. The summed E-state index contributed by atoms with van der Waals surface area (Å²) in [5.74, 6) is 0.360. The van der Waals surface area contributed by atoms with Crippen LogP contribution in [0.5, 0.6) is 0 Å². The smallest absolute Gasteiger partial charge is 0.328 e. The number of hydrogen-bond acceptors (Lipinski definition) is 2. The molecule has 0 radical (unpaired) electrons. The third-order valence-electron chi connectivity index (χ3n) is 2.09. The van der Waals surface area contributed by atoms with E-state index in [0.29, 0.717) is 11.8 Å². The minimum absolute atomic E-state index is 0.608. The van der Waals surface area contributed by atoms with Gasteiger partial charge in [-0.05, 0) is 18.8 Å². The van der Waals surface area contributed by atoms with Crippen molar-refractivity contribution in [1.29, 1.82) is 0 Å². The predicted octanol–water partition coefficient (Wildman–Crippen LogP) is 2.63. The third-order valence-corrected chi connectivity index (χ3v) is 2.09. The van der Waals surface area contributed by atoms with Crippen LogP contribution in [-0.4, -0.2) is 35.6 Å². The summed E-state index contributed by atoms with van der Waals surface area (Å²) in [4.78, 5) is 12.9. The molecule has 1 N–H and O–H groups in total. The lowest BCUT2D eigenvalue weighted by atomic mass is 10.1. The van der Waals surface area contributed by atoms with Crippen LogP contribution in [0.2, 0.25) is 0 Å².